The molecule has 4 aliphatic rings. The number of carbonyl (C=O) groups is 2. The van der Waals surface area contributed by atoms with E-state index in [1.165, 1.54) is 35.7 Å². The van der Waals surface area contributed by atoms with E-state index in [-0.39, 0.29) is 11.8 Å². The third-order valence-corrected chi connectivity index (χ3v) is 11.4. The maximum absolute atomic E-state index is 13.7. The minimum atomic E-state index is 0.0695. The Balaban J connectivity index is 1.16. The zero-order chi connectivity index (χ0) is 31.5. The molecule has 2 aliphatic carbocycles. The van der Waals surface area contributed by atoms with Crippen LogP contribution in [0.3, 0.4) is 0 Å². The van der Waals surface area contributed by atoms with E-state index < -0.39 is 0 Å². The maximum Gasteiger partial charge on any atom is 0.254 e. The first kappa shape index (κ1) is 29.6. The molecular formula is C38H47N5O3. The standard InChI is InChI=1S/C38H47N5O3/c1-4-24-9-8-16-42(22-24)38(45)29-19-31-35(33(21-29)46-3)40(2)36(39-31)32-20-26-10-7-11-30(34(26)43(32)23-25-12-13-25)27-17-28(18-27)37(44)41-14-5-6-15-41/h7,10-11,19-21,24-25,27-28H,4-6,8-9,12-18,22-23H2,1-3H3/t24-,27?,28?/m1/s1. The van der Waals surface area contributed by atoms with Gasteiger partial charge < -0.3 is 23.7 Å². The molecule has 8 nitrogen and oxygen atoms in total. The van der Waals surface area contributed by atoms with Crippen molar-refractivity contribution in [3.63, 3.8) is 0 Å². The van der Waals surface area contributed by atoms with Crippen LogP contribution in [0.4, 0.5) is 0 Å². The van der Waals surface area contributed by atoms with Crippen LogP contribution in [-0.2, 0) is 18.4 Å². The Kier molecular flexibility index (Phi) is 7.57. The number of para-hydroxylation sites is 1. The van der Waals surface area contributed by atoms with Gasteiger partial charge in [-0.15, -0.1) is 0 Å². The van der Waals surface area contributed by atoms with E-state index >= 15 is 0 Å². The van der Waals surface area contributed by atoms with Gasteiger partial charge in [-0.3, -0.25) is 9.59 Å². The summed E-state index contributed by atoms with van der Waals surface area (Å²) in [5, 5.41) is 1.23. The van der Waals surface area contributed by atoms with Crippen LogP contribution in [0.15, 0.2) is 36.4 Å². The van der Waals surface area contributed by atoms with Crippen LogP contribution >= 0.6 is 0 Å². The zero-order valence-electron chi connectivity index (χ0n) is 27.6. The van der Waals surface area contributed by atoms with Crippen molar-refractivity contribution in [1.29, 1.82) is 0 Å². The Morgan fingerprint density at radius 1 is 0.935 bits per heavy atom. The number of benzene rings is 2. The molecule has 0 bridgehead atoms. The quantitative estimate of drug-likeness (QED) is 0.213. The van der Waals surface area contributed by atoms with Gasteiger partial charge in [-0.05, 0) is 92.9 Å². The highest BCUT2D eigenvalue weighted by molar-refractivity contribution is 6.00. The van der Waals surface area contributed by atoms with E-state index in [1.54, 1.807) is 7.11 Å². The normalized spacial score (nSPS) is 23.3. The second-order valence-corrected chi connectivity index (χ2v) is 14.5. The van der Waals surface area contributed by atoms with Crippen LogP contribution in [0.5, 0.6) is 5.75 Å². The van der Waals surface area contributed by atoms with E-state index in [2.05, 4.69) is 52.3 Å². The summed E-state index contributed by atoms with van der Waals surface area (Å²) in [6, 6.07) is 12.9. The molecule has 4 aromatic rings. The fourth-order valence-corrected chi connectivity index (χ4v) is 8.47. The van der Waals surface area contributed by atoms with Gasteiger partial charge in [0.15, 0.2) is 5.82 Å². The second-order valence-electron chi connectivity index (χ2n) is 14.5. The van der Waals surface area contributed by atoms with Gasteiger partial charge in [-0.1, -0.05) is 31.5 Å². The molecular weight excluding hydrogens is 574 g/mol. The number of amides is 2. The summed E-state index contributed by atoms with van der Waals surface area (Å²) in [4.78, 5) is 36.2. The molecule has 0 unspecified atom stereocenters. The number of methoxy groups -OCH3 is 1. The van der Waals surface area contributed by atoms with Crippen molar-refractivity contribution in [3.8, 4) is 17.3 Å². The smallest absolute Gasteiger partial charge is 0.254 e. The number of rotatable bonds is 8. The molecule has 2 saturated carbocycles. The van der Waals surface area contributed by atoms with E-state index in [0.29, 0.717) is 35.0 Å². The van der Waals surface area contributed by atoms with Gasteiger partial charge in [0.05, 0.1) is 23.8 Å². The first-order chi connectivity index (χ1) is 22.4. The highest BCUT2D eigenvalue weighted by Gasteiger charge is 2.39. The van der Waals surface area contributed by atoms with Crippen molar-refractivity contribution in [2.45, 2.75) is 77.2 Å². The molecule has 4 heterocycles. The van der Waals surface area contributed by atoms with Crippen LogP contribution in [0.2, 0.25) is 0 Å². The molecule has 242 valence electrons. The topological polar surface area (TPSA) is 72.6 Å². The van der Waals surface area contributed by atoms with Gasteiger partial charge in [0, 0.05) is 56.6 Å². The van der Waals surface area contributed by atoms with E-state index in [1.807, 2.05) is 17.0 Å². The molecule has 0 spiro atoms. The van der Waals surface area contributed by atoms with Gasteiger partial charge in [-0.25, -0.2) is 4.98 Å². The predicted octanol–water partition coefficient (Wildman–Crippen LogP) is 6.99. The molecule has 46 heavy (non-hydrogen) atoms. The highest BCUT2D eigenvalue weighted by Crippen LogP contribution is 2.47. The Bertz CT molecular complexity index is 1800. The molecule has 1 atom stereocenters. The summed E-state index contributed by atoms with van der Waals surface area (Å²) in [6.45, 7) is 6.67. The van der Waals surface area contributed by atoms with Crippen molar-refractivity contribution in [2.75, 3.05) is 33.3 Å². The average Bonchev–Trinajstić information content (AvgIpc) is 3.41. The number of aromatic nitrogens is 3. The third kappa shape index (κ3) is 5.08. The van der Waals surface area contributed by atoms with Gasteiger partial charge >= 0.3 is 0 Å². The number of piperidine rings is 1. The number of carbonyl (C=O) groups excluding carboxylic acids is 2. The molecule has 0 N–H and O–H groups in total. The van der Waals surface area contributed by atoms with Gasteiger partial charge in [-0.2, -0.15) is 0 Å². The molecule has 2 saturated heterocycles. The number of hydrogen-bond acceptors (Lipinski definition) is 4. The Morgan fingerprint density at radius 2 is 1.72 bits per heavy atom. The van der Waals surface area contributed by atoms with Crippen LogP contribution in [0.1, 0.15) is 86.6 Å². The lowest BCUT2D eigenvalue weighted by Gasteiger charge is -2.37. The average molecular weight is 622 g/mol. The van der Waals surface area contributed by atoms with Gasteiger partial charge in [0.25, 0.3) is 5.91 Å². The number of hydrogen-bond donors (Lipinski definition) is 0. The zero-order valence-corrected chi connectivity index (χ0v) is 27.6. The number of nitrogens with zero attached hydrogens (tertiary/aromatic N) is 5. The highest BCUT2D eigenvalue weighted by atomic mass is 16.5. The van der Waals surface area contributed by atoms with Gasteiger partial charge in [0.1, 0.15) is 11.3 Å². The lowest BCUT2D eigenvalue weighted by Crippen LogP contribution is -2.39. The van der Waals surface area contributed by atoms with Crippen LogP contribution in [-0.4, -0.2) is 69.0 Å². The summed E-state index contributed by atoms with van der Waals surface area (Å²) in [7, 11) is 3.74. The molecule has 2 aromatic heterocycles. The predicted molar refractivity (Wildman–Crippen MR) is 181 cm³/mol. The Hall–Kier alpha value is -3.81. The largest absolute Gasteiger partial charge is 0.494 e. The fraction of sp³-hybridized carbons (Fsp3) is 0.553. The molecule has 2 aromatic carbocycles. The van der Waals surface area contributed by atoms with Crippen LogP contribution in [0, 0.1) is 17.8 Å². The first-order valence-corrected chi connectivity index (χ1v) is 17.7. The lowest BCUT2D eigenvalue weighted by atomic mass is 9.70. The van der Waals surface area contributed by atoms with Crippen molar-refractivity contribution in [1.82, 2.24) is 23.9 Å². The molecule has 4 fully saturated rings. The third-order valence-electron chi connectivity index (χ3n) is 11.4. The van der Waals surface area contributed by atoms with Crippen molar-refractivity contribution in [3.05, 3.63) is 47.5 Å². The molecule has 8 rings (SSSR count). The number of fused-ring (bicyclic) bond motifs is 2. The van der Waals surface area contributed by atoms with Crippen molar-refractivity contribution >= 4 is 33.8 Å². The Morgan fingerprint density at radius 3 is 2.46 bits per heavy atom. The summed E-state index contributed by atoms with van der Waals surface area (Å²) >= 11 is 0. The summed E-state index contributed by atoms with van der Waals surface area (Å²) < 4.78 is 10.6. The summed E-state index contributed by atoms with van der Waals surface area (Å²) in [5.74, 6) is 3.81. The van der Waals surface area contributed by atoms with Gasteiger partial charge in [0.2, 0.25) is 5.91 Å². The summed E-state index contributed by atoms with van der Waals surface area (Å²) in [6.07, 6.45) is 10.0. The number of aryl methyl sites for hydroxylation is 1. The van der Waals surface area contributed by atoms with E-state index in [0.717, 1.165) is 93.8 Å². The first-order valence-electron chi connectivity index (χ1n) is 17.7. The van der Waals surface area contributed by atoms with E-state index in [9.17, 15) is 9.59 Å². The van der Waals surface area contributed by atoms with E-state index in [4.69, 9.17) is 9.72 Å². The number of likely N-dealkylation sites (tertiary alicyclic amines) is 2. The minimum absolute atomic E-state index is 0.0695. The monoisotopic (exact) mass is 621 g/mol. The van der Waals surface area contributed by atoms with Crippen LogP contribution in [0.25, 0.3) is 33.5 Å². The molecule has 2 amide bonds. The minimum Gasteiger partial charge on any atom is -0.494 e. The Labute approximate surface area is 271 Å². The molecule has 2 aliphatic heterocycles. The second kappa shape index (κ2) is 11.8. The fourth-order valence-electron chi connectivity index (χ4n) is 8.47. The molecule has 0 radical (unpaired) electrons. The number of ether oxygens (including phenoxy) is 1. The lowest BCUT2D eigenvalue weighted by molar-refractivity contribution is -0.137. The molecule has 8 heteroatoms. The van der Waals surface area contributed by atoms with Crippen molar-refractivity contribution in [2.24, 2.45) is 24.8 Å². The summed E-state index contributed by atoms with van der Waals surface area (Å²) in [5.41, 5.74) is 6.11. The number of imidazole rings is 1. The van der Waals surface area contributed by atoms with Crippen LogP contribution < -0.4 is 4.74 Å². The SMILES string of the molecule is CC[C@@H]1CCCN(C(=O)c2cc(OC)c3c(c2)nc(-c2cc4cccc(C5CC(C(=O)N6CCCC6)C5)c4n2CC2CC2)n3C)C1. The van der Waals surface area contributed by atoms with Crippen molar-refractivity contribution < 1.29 is 14.3 Å². The maximum atomic E-state index is 13.7.